The van der Waals surface area contributed by atoms with Crippen LogP contribution in [0.4, 0.5) is 0 Å². The summed E-state index contributed by atoms with van der Waals surface area (Å²) in [5.41, 5.74) is 0.247. The van der Waals surface area contributed by atoms with Gasteiger partial charge in [0.25, 0.3) is 0 Å². The van der Waals surface area contributed by atoms with E-state index in [9.17, 15) is 4.79 Å². The first kappa shape index (κ1) is 7.84. The maximum Gasteiger partial charge on any atom is 0.309 e. The van der Waals surface area contributed by atoms with Crippen molar-refractivity contribution in [2.24, 2.45) is 22.2 Å². The van der Waals surface area contributed by atoms with Gasteiger partial charge in [-0.3, -0.25) is 4.79 Å². The molecule has 2 heteroatoms. The van der Waals surface area contributed by atoms with E-state index in [1.807, 2.05) is 6.92 Å². The molecule has 0 radical (unpaired) electrons. The molecular weight excluding hydrogens is 164 g/mol. The molecule has 0 aromatic carbocycles. The largest absolute Gasteiger partial charge is 0.481 e. The van der Waals surface area contributed by atoms with E-state index in [-0.39, 0.29) is 10.8 Å². The van der Waals surface area contributed by atoms with Gasteiger partial charge < -0.3 is 5.11 Å². The molecule has 72 valence electrons. The first-order valence-electron chi connectivity index (χ1n) is 5.20. The molecule has 0 saturated heterocycles. The molecule has 13 heavy (non-hydrogen) atoms. The third kappa shape index (κ3) is 0.628. The second kappa shape index (κ2) is 1.67. The van der Waals surface area contributed by atoms with Gasteiger partial charge in [-0.2, -0.15) is 0 Å². The lowest BCUT2D eigenvalue weighted by molar-refractivity contribution is -0.143. The summed E-state index contributed by atoms with van der Waals surface area (Å²) in [6.07, 6.45) is 4.79. The number of carbonyl (C=O) groups is 1. The van der Waals surface area contributed by atoms with Gasteiger partial charge >= 0.3 is 5.97 Å². The summed E-state index contributed by atoms with van der Waals surface area (Å²) >= 11 is 0. The summed E-state index contributed by atoms with van der Waals surface area (Å²) in [7, 11) is 0. The van der Waals surface area contributed by atoms with Crippen LogP contribution in [-0.4, -0.2) is 11.1 Å². The second-order valence-electron chi connectivity index (χ2n) is 5.76. The van der Waals surface area contributed by atoms with Gasteiger partial charge in [0.05, 0.1) is 5.41 Å². The summed E-state index contributed by atoms with van der Waals surface area (Å²) in [4.78, 5) is 11.1. The van der Waals surface area contributed by atoms with Crippen molar-refractivity contribution >= 4 is 5.97 Å². The van der Waals surface area contributed by atoms with Crippen LogP contribution in [0.2, 0.25) is 0 Å². The minimum Gasteiger partial charge on any atom is -0.481 e. The second-order valence-corrected chi connectivity index (χ2v) is 5.76. The van der Waals surface area contributed by atoms with E-state index in [1.54, 1.807) is 0 Å². The zero-order valence-electron chi connectivity index (χ0n) is 8.26. The zero-order chi connectivity index (χ0) is 9.48. The predicted molar refractivity (Wildman–Crippen MR) is 48.2 cm³/mol. The number of carboxylic acids is 1. The summed E-state index contributed by atoms with van der Waals surface area (Å²) in [5.74, 6) is 0.283. The van der Waals surface area contributed by atoms with Crippen molar-refractivity contribution in [3.05, 3.63) is 0 Å². The molecule has 0 aromatic rings. The molecule has 3 rings (SSSR count). The lowest BCUT2D eigenvalue weighted by Gasteiger charge is -2.11. The molecule has 3 fully saturated rings. The fraction of sp³-hybridized carbons (Fsp3) is 0.909. The minimum absolute atomic E-state index is 0.215. The molecule has 0 bridgehead atoms. The zero-order valence-corrected chi connectivity index (χ0v) is 8.26. The topological polar surface area (TPSA) is 37.3 Å². The van der Waals surface area contributed by atoms with Crippen molar-refractivity contribution in [1.29, 1.82) is 0 Å². The van der Waals surface area contributed by atoms with Crippen molar-refractivity contribution < 1.29 is 9.90 Å². The van der Waals surface area contributed by atoms with Gasteiger partial charge in [-0.15, -0.1) is 0 Å². The Kier molecular flexibility index (Phi) is 1.00. The fourth-order valence-electron chi connectivity index (χ4n) is 3.77. The van der Waals surface area contributed by atoms with Gasteiger partial charge in [-0.25, -0.2) is 0 Å². The maximum atomic E-state index is 11.1. The normalized spacial score (nSPS) is 58.0. The van der Waals surface area contributed by atoms with Crippen molar-refractivity contribution in [2.45, 2.75) is 39.5 Å². The third-order valence-electron chi connectivity index (χ3n) is 5.17. The molecular formula is C11H16O2. The molecule has 2 nitrogen and oxygen atoms in total. The van der Waals surface area contributed by atoms with Crippen LogP contribution in [0.5, 0.6) is 0 Å². The van der Waals surface area contributed by atoms with Gasteiger partial charge in [0.1, 0.15) is 0 Å². The van der Waals surface area contributed by atoms with Gasteiger partial charge in [-0.1, -0.05) is 6.92 Å². The van der Waals surface area contributed by atoms with E-state index in [0.717, 1.165) is 12.3 Å². The predicted octanol–water partition coefficient (Wildman–Crippen LogP) is 2.29. The number of rotatable bonds is 2. The van der Waals surface area contributed by atoms with E-state index in [4.69, 9.17) is 5.11 Å². The Balaban J connectivity index is 1.87. The lowest BCUT2D eigenvalue weighted by atomic mass is 9.93. The van der Waals surface area contributed by atoms with E-state index < -0.39 is 5.97 Å². The van der Waals surface area contributed by atoms with E-state index in [2.05, 4.69) is 6.92 Å². The van der Waals surface area contributed by atoms with Crippen LogP contribution in [-0.2, 0) is 4.79 Å². The monoisotopic (exact) mass is 180 g/mol. The summed E-state index contributed by atoms with van der Waals surface area (Å²) in [6.45, 7) is 4.24. The molecule has 3 aliphatic carbocycles. The van der Waals surface area contributed by atoms with Crippen LogP contribution in [0.3, 0.4) is 0 Å². The van der Waals surface area contributed by atoms with Gasteiger partial charge in [-0.05, 0) is 49.4 Å². The van der Waals surface area contributed by atoms with E-state index in [1.165, 1.54) is 19.3 Å². The minimum atomic E-state index is -0.572. The molecule has 3 aliphatic rings. The Labute approximate surface area is 78.3 Å². The molecule has 0 amide bonds. The van der Waals surface area contributed by atoms with Gasteiger partial charge in [0, 0.05) is 0 Å². The fourth-order valence-corrected chi connectivity index (χ4v) is 3.77. The van der Waals surface area contributed by atoms with Crippen molar-refractivity contribution in [3.8, 4) is 0 Å². The van der Waals surface area contributed by atoms with Gasteiger partial charge in [0.2, 0.25) is 0 Å². The summed E-state index contributed by atoms with van der Waals surface area (Å²) in [6, 6.07) is 0. The summed E-state index contributed by atoms with van der Waals surface area (Å²) in [5, 5.41) is 9.12. The van der Waals surface area contributed by atoms with Crippen molar-refractivity contribution in [1.82, 2.24) is 0 Å². The first-order valence-corrected chi connectivity index (χ1v) is 5.20. The van der Waals surface area contributed by atoms with Crippen LogP contribution < -0.4 is 0 Å². The van der Waals surface area contributed by atoms with E-state index in [0.29, 0.717) is 5.41 Å². The highest BCUT2D eigenvalue weighted by molar-refractivity contribution is 5.81. The quantitative estimate of drug-likeness (QED) is 0.708. The van der Waals surface area contributed by atoms with Crippen LogP contribution in [0.15, 0.2) is 0 Å². The van der Waals surface area contributed by atoms with Crippen molar-refractivity contribution in [2.75, 3.05) is 0 Å². The standard InChI is InChI=1S/C11H16O2/c1-9(7-3-4-7)5-11(9)6-10(11,2)8(12)13/h7H,3-6H2,1-2H3,(H,12,13)/t9-,10-,11-/m0/s1. The Morgan fingerprint density at radius 2 is 1.92 bits per heavy atom. The first-order chi connectivity index (χ1) is 5.96. The average Bonchev–Trinajstić information content (AvgIpc) is 2.78. The molecule has 0 aromatic heterocycles. The van der Waals surface area contributed by atoms with Crippen LogP contribution >= 0.6 is 0 Å². The maximum absolute atomic E-state index is 11.1. The molecule has 3 saturated carbocycles. The molecule has 1 N–H and O–H groups in total. The van der Waals surface area contributed by atoms with Crippen LogP contribution in [0.25, 0.3) is 0 Å². The number of hydrogen-bond acceptors (Lipinski definition) is 1. The Morgan fingerprint density at radius 1 is 1.31 bits per heavy atom. The van der Waals surface area contributed by atoms with E-state index >= 15 is 0 Å². The summed E-state index contributed by atoms with van der Waals surface area (Å²) < 4.78 is 0. The smallest absolute Gasteiger partial charge is 0.309 e. The average molecular weight is 180 g/mol. The van der Waals surface area contributed by atoms with Crippen molar-refractivity contribution in [3.63, 3.8) is 0 Å². The number of hydrogen-bond donors (Lipinski definition) is 1. The Bertz CT molecular complexity index is 307. The Morgan fingerprint density at radius 3 is 2.31 bits per heavy atom. The SMILES string of the molecule is C[C@@]1(C(=O)O)C[C@]12C[C@@]2(C)C1CC1. The number of aliphatic carboxylic acids is 1. The molecule has 3 atom stereocenters. The van der Waals surface area contributed by atoms with Gasteiger partial charge in [0.15, 0.2) is 0 Å². The Hall–Kier alpha value is -0.530. The highest BCUT2D eigenvalue weighted by Crippen LogP contribution is 2.91. The molecule has 0 heterocycles. The highest BCUT2D eigenvalue weighted by atomic mass is 16.4. The molecule has 1 spiro atoms. The highest BCUT2D eigenvalue weighted by Gasteiger charge is 2.88. The molecule has 0 aliphatic heterocycles. The number of carboxylic acid groups (broad SMARTS) is 1. The molecule has 0 unspecified atom stereocenters. The third-order valence-corrected chi connectivity index (χ3v) is 5.17. The lowest BCUT2D eigenvalue weighted by Crippen LogP contribution is -2.16. The van der Waals surface area contributed by atoms with Crippen LogP contribution in [0.1, 0.15) is 39.5 Å². The van der Waals surface area contributed by atoms with Crippen LogP contribution in [0, 0.1) is 22.2 Å².